The van der Waals surface area contributed by atoms with Crippen LogP contribution in [0.1, 0.15) is 11.5 Å². The number of rotatable bonds is 4. The molecule has 9 aromatic rings. The Hall–Kier alpha value is -6.03. The van der Waals surface area contributed by atoms with E-state index in [4.69, 9.17) is 0 Å². The second-order valence-corrected chi connectivity index (χ2v) is 14.8. The highest BCUT2D eigenvalue weighted by atomic mass is 32.2. The van der Waals surface area contributed by atoms with Crippen LogP contribution < -0.4 is 0 Å². The molecule has 0 N–H and O–H groups in total. The zero-order chi connectivity index (χ0) is 33.5. The number of nitrogens with zero attached hydrogens (tertiary/aromatic N) is 2. The molecule has 2 unspecified atom stereocenters. The molecule has 2 aliphatic rings. The van der Waals surface area contributed by atoms with E-state index in [0.717, 1.165) is 0 Å². The lowest BCUT2D eigenvalue weighted by Crippen LogP contribution is -2.17. The minimum atomic E-state index is 0.245. The molecule has 1 aliphatic heterocycles. The minimum absolute atomic E-state index is 0.245. The standard InChI is InChI=1S/C48H32N2S/c1-3-13-31(14-4-1)35-19-11-23-45-47(35)48-44(22-12-24-46(48)51-45)50-41-21-10-8-18-37(41)39-30-33(26-28-43(39)50)32-25-27-42-38(29-32)36-17-7-9-20-40(36)49(42)34-15-5-2-6-16-34/h1-30,46,48H. The van der Waals surface area contributed by atoms with Gasteiger partial charge in [-0.15, -0.1) is 11.8 Å². The Morgan fingerprint density at radius 3 is 1.75 bits per heavy atom. The van der Waals surface area contributed by atoms with Crippen LogP contribution in [0.4, 0.5) is 0 Å². The lowest BCUT2D eigenvalue weighted by Gasteiger charge is -2.27. The first-order chi connectivity index (χ1) is 25.3. The molecule has 1 aliphatic carbocycles. The van der Waals surface area contributed by atoms with E-state index in [1.165, 1.54) is 87.7 Å². The number of benzene rings is 7. The number of para-hydroxylation sites is 3. The topological polar surface area (TPSA) is 9.86 Å². The van der Waals surface area contributed by atoms with E-state index >= 15 is 0 Å². The van der Waals surface area contributed by atoms with Crippen molar-refractivity contribution in [2.75, 3.05) is 0 Å². The summed E-state index contributed by atoms with van der Waals surface area (Å²) in [6.45, 7) is 0. The average molecular weight is 669 g/mol. The summed E-state index contributed by atoms with van der Waals surface area (Å²) in [5.74, 6) is 0.245. The smallest absolute Gasteiger partial charge is 0.0541 e. The third-order valence-electron chi connectivity index (χ3n) is 10.9. The van der Waals surface area contributed by atoms with Crippen LogP contribution in [0.15, 0.2) is 187 Å². The van der Waals surface area contributed by atoms with Crippen molar-refractivity contribution in [1.82, 2.24) is 9.13 Å². The van der Waals surface area contributed by atoms with Crippen molar-refractivity contribution in [1.29, 1.82) is 0 Å². The number of hydrogen-bond acceptors (Lipinski definition) is 1. The second-order valence-electron chi connectivity index (χ2n) is 13.6. The van der Waals surface area contributed by atoms with Crippen LogP contribution in [-0.2, 0) is 0 Å². The zero-order valence-corrected chi connectivity index (χ0v) is 28.6. The molecule has 0 saturated carbocycles. The summed E-state index contributed by atoms with van der Waals surface area (Å²) in [6, 6.07) is 60.2. The molecule has 0 saturated heterocycles. The number of thioether (sulfide) groups is 1. The van der Waals surface area contributed by atoms with E-state index in [1.54, 1.807) is 0 Å². The van der Waals surface area contributed by atoms with E-state index in [-0.39, 0.29) is 5.92 Å². The Morgan fingerprint density at radius 2 is 1.04 bits per heavy atom. The van der Waals surface area contributed by atoms with Gasteiger partial charge in [0.1, 0.15) is 0 Å². The normalized spacial score (nSPS) is 16.6. The lowest BCUT2D eigenvalue weighted by atomic mass is 9.84. The molecule has 3 heteroatoms. The maximum absolute atomic E-state index is 2.55. The Bertz CT molecular complexity index is 2890. The van der Waals surface area contributed by atoms with Gasteiger partial charge in [-0.25, -0.2) is 0 Å². The van der Waals surface area contributed by atoms with E-state index in [2.05, 4.69) is 191 Å². The minimum Gasteiger partial charge on any atom is -0.312 e. The maximum Gasteiger partial charge on any atom is 0.0541 e. The average Bonchev–Trinajstić information content (AvgIpc) is 3.86. The Kier molecular flexibility index (Phi) is 6.34. The first-order valence-electron chi connectivity index (χ1n) is 17.7. The van der Waals surface area contributed by atoms with E-state index in [0.29, 0.717) is 5.25 Å². The molecule has 0 bridgehead atoms. The summed E-state index contributed by atoms with van der Waals surface area (Å²) in [6.07, 6.45) is 7.02. The monoisotopic (exact) mass is 668 g/mol. The third kappa shape index (κ3) is 4.32. The van der Waals surface area contributed by atoms with Crippen LogP contribution in [0, 0.1) is 0 Å². The molecular formula is C48H32N2S. The van der Waals surface area contributed by atoms with Gasteiger partial charge in [0, 0.05) is 49.0 Å². The first kappa shape index (κ1) is 28.8. The molecule has 11 rings (SSSR count). The van der Waals surface area contributed by atoms with Gasteiger partial charge in [-0.3, -0.25) is 0 Å². The van der Waals surface area contributed by atoms with Gasteiger partial charge in [0.15, 0.2) is 0 Å². The molecule has 2 atom stereocenters. The summed E-state index contributed by atoms with van der Waals surface area (Å²) < 4.78 is 4.93. The van der Waals surface area contributed by atoms with Crippen molar-refractivity contribution in [3.8, 4) is 27.9 Å². The van der Waals surface area contributed by atoms with Gasteiger partial charge in [0.2, 0.25) is 0 Å². The summed E-state index contributed by atoms with van der Waals surface area (Å²) in [5.41, 5.74) is 14.0. The maximum atomic E-state index is 2.55. The van der Waals surface area contributed by atoms with E-state index in [1.807, 2.05) is 11.8 Å². The largest absolute Gasteiger partial charge is 0.312 e. The quantitative estimate of drug-likeness (QED) is 0.181. The molecular weight excluding hydrogens is 637 g/mol. The number of hydrogen-bond donors (Lipinski definition) is 0. The molecule has 3 heterocycles. The van der Waals surface area contributed by atoms with Gasteiger partial charge in [-0.1, -0.05) is 121 Å². The highest BCUT2D eigenvalue weighted by molar-refractivity contribution is 8.00. The SMILES string of the molecule is C1=CC2Sc3cccc(-c4ccccc4)c3C2C(n2c3ccccc3c3cc(-c4ccc5c(c4)c4ccccc4n5-c4ccccc4)ccc32)=C1. The van der Waals surface area contributed by atoms with Gasteiger partial charge in [0.05, 0.1) is 22.1 Å². The fourth-order valence-corrected chi connectivity index (χ4v) is 10.1. The highest BCUT2D eigenvalue weighted by Gasteiger charge is 2.39. The summed E-state index contributed by atoms with van der Waals surface area (Å²) >= 11 is 2.00. The molecule has 0 fully saturated rings. The van der Waals surface area contributed by atoms with Crippen LogP contribution in [0.3, 0.4) is 0 Å². The Labute approximate surface area is 300 Å². The van der Waals surface area contributed by atoms with Crippen LogP contribution in [0.25, 0.3) is 77.2 Å². The van der Waals surface area contributed by atoms with Gasteiger partial charge < -0.3 is 9.13 Å². The van der Waals surface area contributed by atoms with Crippen molar-refractivity contribution in [3.63, 3.8) is 0 Å². The Balaban J connectivity index is 1.09. The van der Waals surface area contributed by atoms with Gasteiger partial charge >= 0.3 is 0 Å². The van der Waals surface area contributed by atoms with Crippen molar-refractivity contribution < 1.29 is 0 Å². The molecule has 0 amide bonds. The molecule has 0 radical (unpaired) electrons. The Morgan fingerprint density at radius 1 is 0.451 bits per heavy atom. The molecule has 51 heavy (non-hydrogen) atoms. The van der Waals surface area contributed by atoms with E-state index < -0.39 is 0 Å². The fourth-order valence-electron chi connectivity index (χ4n) is 8.70. The lowest BCUT2D eigenvalue weighted by molar-refractivity contribution is 0.855. The molecule has 0 spiro atoms. The van der Waals surface area contributed by atoms with Crippen LogP contribution in [-0.4, -0.2) is 14.4 Å². The van der Waals surface area contributed by atoms with Crippen LogP contribution >= 0.6 is 11.8 Å². The predicted molar refractivity (Wildman–Crippen MR) is 217 cm³/mol. The first-order valence-corrected chi connectivity index (χ1v) is 18.6. The molecule has 2 aromatic heterocycles. The highest BCUT2D eigenvalue weighted by Crippen LogP contribution is 2.56. The summed E-state index contributed by atoms with van der Waals surface area (Å²) in [4.78, 5) is 1.39. The van der Waals surface area contributed by atoms with Crippen molar-refractivity contribution >= 4 is 61.1 Å². The van der Waals surface area contributed by atoms with Gasteiger partial charge in [-0.2, -0.15) is 0 Å². The van der Waals surface area contributed by atoms with Crippen molar-refractivity contribution in [2.45, 2.75) is 16.1 Å². The summed E-state index contributed by atoms with van der Waals surface area (Å²) in [5, 5.41) is 5.46. The molecule has 240 valence electrons. The second kappa shape index (κ2) is 11.2. The molecule has 7 aromatic carbocycles. The fraction of sp³-hybridized carbons (Fsp3) is 0.0417. The van der Waals surface area contributed by atoms with Crippen LogP contribution in [0.5, 0.6) is 0 Å². The third-order valence-corrected chi connectivity index (χ3v) is 12.2. The van der Waals surface area contributed by atoms with Crippen molar-refractivity contribution in [2.24, 2.45) is 0 Å². The number of aromatic nitrogens is 2. The molecule has 2 nitrogen and oxygen atoms in total. The number of fused-ring (bicyclic) bond motifs is 9. The van der Waals surface area contributed by atoms with Crippen molar-refractivity contribution in [3.05, 3.63) is 188 Å². The van der Waals surface area contributed by atoms with E-state index in [9.17, 15) is 0 Å². The zero-order valence-electron chi connectivity index (χ0n) is 27.8. The van der Waals surface area contributed by atoms with Crippen LogP contribution in [0.2, 0.25) is 0 Å². The van der Waals surface area contributed by atoms with Gasteiger partial charge in [0.25, 0.3) is 0 Å². The number of allylic oxidation sites excluding steroid dienone is 3. The van der Waals surface area contributed by atoms with Gasteiger partial charge in [-0.05, 0) is 88.5 Å². The predicted octanol–water partition coefficient (Wildman–Crippen LogP) is 12.9. The summed E-state index contributed by atoms with van der Waals surface area (Å²) in [7, 11) is 0.